The number of rotatable bonds is 5. The average Bonchev–Trinajstić information content (AvgIpc) is 3.19. The van der Waals surface area contributed by atoms with Gasteiger partial charge in [0.05, 0.1) is 6.04 Å². The maximum Gasteiger partial charge on any atom is 0.165 e. The highest BCUT2D eigenvalue weighted by Gasteiger charge is 2.38. The van der Waals surface area contributed by atoms with Crippen LogP contribution >= 0.6 is 11.6 Å². The van der Waals surface area contributed by atoms with Crippen LogP contribution in [0.1, 0.15) is 12.8 Å². The Hall–Kier alpha value is -0.800. The third kappa shape index (κ3) is 2.90. The minimum atomic E-state index is -0.344. The van der Waals surface area contributed by atoms with Crippen LogP contribution in [-0.4, -0.2) is 30.6 Å². The zero-order valence-corrected chi connectivity index (χ0v) is 10.3. The van der Waals surface area contributed by atoms with E-state index in [-0.39, 0.29) is 11.6 Å². The SMILES string of the molecule is Fc1ccc(Cl)cc1OCC1CN1CC1CC1. The van der Waals surface area contributed by atoms with Crippen molar-refractivity contribution in [2.75, 3.05) is 19.7 Å². The van der Waals surface area contributed by atoms with Gasteiger partial charge in [-0.1, -0.05) is 11.6 Å². The van der Waals surface area contributed by atoms with Crippen molar-refractivity contribution < 1.29 is 9.13 Å². The van der Waals surface area contributed by atoms with Crippen LogP contribution in [0, 0.1) is 11.7 Å². The lowest BCUT2D eigenvalue weighted by Crippen LogP contribution is -2.13. The fourth-order valence-electron chi connectivity index (χ4n) is 2.01. The quantitative estimate of drug-likeness (QED) is 0.750. The topological polar surface area (TPSA) is 12.2 Å². The summed E-state index contributed by atoms with van der Waals surface area (Å²) in [6.45, 7) is 2.83. The van der Waals surface area contributed by atoms with Gasteiger partial charge in [-0.25, -0.2) is 4.39 Å². The fourth-order valence-corrected chi connectivity index (χ4v) is 2.17. The summed E-state index contributed by atoms with van der Waals surface area (Å²) in [5.74, 6) is 0.822. The molecular formula is C13H15ClFNO. The summed E-state index contributed by atoms with van der Waals surface area (Å²) in [6.07, 6.45) is 2.74. The van der Waals surface area contributed by atoms with Gasteiger partial charge in [0.1, 0.15) is 6.61 Å². The van der Waals surface area contributed by atoms with Gasteiger partial charge in [-0.05, 0) is 30.9 Å². The van der Waals surface area contributed by atoms with Crippen molar-refractivity contribution in [2.45, 2.75) is 18.9 Å². The number of ether oxygens (including phenoxy) is 1. The minimum absolute atomic E-state index is 0.260. The van der Waals surface area contributed by atoms with Crippen molar-refractivity contribution in [3.05, 3.63) is 29.0 Å². The molecule has 1 aliphatic heterocycles. The Morgan fingerprint density at radius 1 is 1.41 bits per heavy atom. The molecule has 2 fully saturated rings. The molecule has 4 heteroatoms. The number of nitrogens with zero attached hydrogens (tertiary/aromatic N) is 1. The molecule has 17 heavy (non-hydrogen) atoms. The maximum absolute atomic E-state index is 13.4. The lowest BCUT2D eigenvalue weighted by atomic mass is 10.3. The highest BCUT2D eigenvalue weighted by atomic mass is 35.5. The van der Waals surface area contributed by atoms with Gasteiger partial charge in [0.15, 0.2) is 11.6 Å². The first-order valence-electron chi connectivity index (χ1n) is 6.04. The Labute approximate surface area is 105 Å². The number of hydrogen-bond donors (Lipinski definition) is 0. The van der Waals surface area contributed by atoms with Gasteiger partial charge >= 0.3 is 0 Å². The molecule has 2 aliphatic rings. The fraction of sp³-hybridized carbons (Fsp3) is 0.538. The first-order chi connectivity index (χ1) is 8.22. The molecule has 0 spiro atoms. The summed E-state index contributed by atoms with van der Waals surface area (Å²) in [6, 6.07) is 4.87. The van der Waals surface area contributed by atoms with Gasteiger partial charge in [-0.15, -0.1) is 0 Å². The van der Waals surface area contributed by atoms with Gasteiger partial charge < -0.3 is 4.74 Å². The normalized spacial score (nSPS) is 26.9. The van der Waals surface area contributed by atoms with Crippen molar-refractivity contribution in [3.8, 4) is 5.75 Å². The largest absolute Gasteiger partial charge is 0.489 e. The van der Waals surface area contributed by atoms with E-state index in [2.05, 4.69) is 4.90 Å². The summed E-state index contributed by atoms with van der Waals surface area (Å²) >= 11 is 5.80. The van der Waals surface area contributed by atoms with Crippen molar-refractivity contribution in [3.63, 3.8) is 0 Å². The van der Waals surface area contributed by atoms with Gasteiger partial charge in [-0.2, -0.15) is 0 Å². The van der Waals surface area contributed by atoms with Crippen LogP contribution in [0.2, 0.25) is 5.02 Å². The Morgan fingerprint density at radius 2 is 2.24 bits per heavy atom. The molecule has 92 valence electrons. The highest BCUT2D eigenvalue weighted by Crippen LogP contribution is 2.33. The van der Waals surface area contributed by atoms with Crippen LogP contribution < -0.4 is 4.74 Å². The summed E-state index contributed by atoms with van der Waals surface area (Å²) < 4.78 is 18.8. The molecule has 1 aromatic rings. The predicted molar refractivity (Wildman–Crippen MR) is 65.0 cm³/mol. The van der Waals surface area contributed by atoms with E-state index in [1.807, 2.05) is 0 Å². The van der Waals surface area contributed by atoms with Gasteiger partial charge in [0.25, 0.3) is 0 Å². The molecule has 0 bridgehead atoms. The lowest BCUT2D eigenvalue weighted by molar-refractivity contribution is 0.279. The number of hydrogen-bond acceptors (Lipinski definition) is 2. The summed E-state index contributed by atoms with van der Waals surface area (Å²) in [5, 5.41) is 0.507. The molecule has 2 atom stereocenters. The molecule has 1 aliphatic carbocycles. The van der Waals surface area contributed by atoms with E-state index < -0.39 is 0 Å². The predicted octanol–water partition coefficient (Wildman–Crippen LogP) is 2.95. The second-order valence-electron chi connectivity index (χ2n) is 4.94. The van der Waals surface area contributed by atoms with Crippen LogP contribution in [0.15, 0.2) is 18.2 Å². The third-order valence-electron chi connectivity index (χ3n) is 3.34. The molecular weight excluding hydrogens is 241 g/mol. The number of benzene rings is 1. The van der Waals surface area contributed by atoms with E-state index in [0.717, 1.165) is 12.5 Å². The van der Waals surface area contributed by atoms with Gasteiger partial charge in [0, 0.05) is 24.2 Å². The molecule has 1 saturated heterocycles. The Morgan fingerprint density at radius 3 is 3.00 bits per heavy atom. The molecule has 0 amide bonds. The highest BCUT2D eigenvalue weighted by molar-refractivity contribution is 6.30. The minimum Gasteiger partial charge on any atom is -0.489 e. The Balaban J connectivity index is 1.49. The van der Waals surface area contributed by atoms with Crippen molar-refractivity contribution in [1.82, 2.24) is 4.90 Å². The van der Waals surface area contributed by atoms with Crippen LogP contribution in [0.25, 0.3) is 0 Å². The van der Waals surface area contributed by atoms with Crippen LogP contribution in [0.5, 0.6) is 5.75 Å². The molecule has 1 aromatic carbocycles. The number of halogens is 2. The van der Waals surface area contributed by atoms with Crippen molar-refractivity contribution in [2.24, 2.45) is 5.92 Å². The Kier molecular flexibility index (Phi) is 2.97. The van der Waals surface area contributed by atoms with E-state index in [4.69, 9.17) is 16.3 Å². The van der Waals surface area contributed by atoms with E-state index in [1.54, 1.807) is 0 Å². The molecule has 2 nitrogen and oxygen atoms in total. The zero-order chi connectivity index (χ0) is 11.8. The van der Waals surface area contributed by atoms with Gasteiger partial charge in [-0.3, -0.25) is 4.90 Å². The van der Waals surface area contributed by atoms with Gasteiger partial charge in [0.2, 0.25) is 0 Å². The Bertz CT molecular complexity index is 422. The second-order valence-corrected chi connectivity index (χ2v) is 5.37. The standard InChI is InChI=1S/C13H15ClFNO/c14-10-3-4-12(15)13(5-10)17-8-11-7-16(11)6-9-1-2-9/h3-5,9,11H,1-2,6-8H2. The molecule has 1 saturated carbocycles. The second kappa shape index (κ2) is 4.46. The first-order valence-corrected chi connectivity index (χ1v) is 6.42. The van der Waals surface area contributed by atoms with E-state index in [9.17, 15) is 4.39 Å². The molecule has 0 aromatic heterocycles. The van der Waals surface area contributed by atoms with Crippen molar-refractivity contribution in [1.29, 1.82) is 0 Å². The first kappa shape index (κ1) is 11.3. The van der Waals surface area contributed by atoms with Crippen LogP contribution in [0.3, 0.4) is 0 Å². The van der Waals surface area contributed by atoms with E-state index >= 15 is 0 Å². The van der Waals surface area contributed by atoms with E-state index in [1.165, 1.54) is 37.6 Å². The molecule has 3 rings (SSSR count). The zero-order valence-electron chi connectivity index (χ0n) is 9.53. The summed E-state index contributed by atoms with van der Waals surface area (Å²) in [5.41, 5.74) is 0. The van der Waals surface area contributed by atoms with Crippen molar-refractivity contribution >= 4 is 11.6 Å². The molecule has 1 heterocycles. The lowest BCUT2D eigenvalue weighted by Gasteiger charge is -2.07. The smallest absolute Gasteiger partial charge is 0.165 e. The molecule has 0 radical (unpaired) electrons. The molecule has 0 N–H and O–H groups in total. The van der Waals surface area contributed by atoms with Crippen LogP contribution in [-0.2, 0) is 0 Å². The monoisotopic (exact) mass is 255 g/mol. The van der Waals surface area contributed by atoms with Crippen LogP contribution in [0.4, 0.5) is 4.39 Å². The summed E-state index contributed by atoms with van der Waals surface area (Å²) in [4.78, 5) is 2.39. The third-order valence-corrected chi connectivity index (χ3v) is 3.58. The summed E-state index contributed by atoms with van der Waals surface area (Å²) in [7, 11) is 0. The van der Waals surface area contributed by atoms with E-state index in [0.29, 0.717) is 17.7 Å². The maximum atomic E-state index is 13.4. The average molecular weight is 256 g/mol. The molecule has 2 unspecified atom stereocenters.